The molecular weight excluding hydrogens is 160 g/mol. The molecule has 2 rings (SSSR count). The third kappa shape index (κ3) is 1.77. The third-order valence-corrected chi connectivity index (χ3v) is 2.63. The topological polar surface area (TPSA) is 25.8 Å². The highest BCUT2D eigenvalue weighted by molar-refractivity contribution is 5.17. The van der Waals surface area contributed by atoms with E-state index in [0.717, 1.165) is 12.2 Å². The summed E-state index contributed by atoms with van der Waals surface area (Å²) in [6.07, 6.45) is 8.49. The molecule has 0 aliphatic heterocycles. The van der Waals surface area contributed by atoms with E-state index in [1.165, 1.54) is 24.8 Å². The summed E-state index contributed by atoms with van der Waals surface area (Å²) in [5, 5.41) is 0. The van der Waals surface area contributed by atoms with E-state index in [0.29, 0.717) is 5.92 Å². The summed E-state index contributed by atoms with van der Waals surface area (Å²) >= 11 is 0. The zero-order chi connectivity index (χ0) is 9.10. The predicted molar refractivity (Wildman–Crippen MR) is 52.4 cm³/mol. The first-order valence-corrected chi connectivity index (χ1v) is 4.82. The smallest absolute Gasteiger partial charge is 0.135 e. The molecule has 68 valence electrons. The molecule has 1 aliphatic carbocycles. The predicted octanol–water partition coefficient (Wildman–Crippen LogP) is 2.69. The van der Waals surface area contributed by atoms with Crippen molar-refractivity contribution in [3.8, 4) is 0 Å². The Bertz CT molecular complexity index is 292. The lowest BCUT2D eigenvalue weighted by atomic mass is 9.85. The lowest BCUT2D eigenvalue weighted by Gasteiger charge is -2.22. The first-order valence-electron chi connectivity index (χ1n) is 4.82. The highest BCUT2D eigenvalue weighted by Gasteiger charge is 2.20. The molecule has 1 atom stereocenters. The first-order chi connectivity index (χ1) is 6.38. The standard InChI is InChI=1S/C11H14N2/c1-9-5-2-3-6-10(9)11-12-7-4-8-13-11/h4,7-8,10H,1-3,5-6H2. The van der Waals surface area contributed by atoms with Crippen molar-refractivity contribution in [1.29, 1.82) is 0 Å². The molecule has 1 aromatic heterocycles. The second-order valence-electron chi connectivity index (χ2n) is 3.56. The number of hydrogen-bond donors (Lipinski definition) is 0. The van der Waals surface area contributed by atoms with Gasteiger partial charge in [0, 0.05) is 18.3 Å². The quantitative estimate of drug-likeness (QED) is 0.612. The van der Waals surface area contributed by atoms with Crippen LogP contribution in [0.3, 0.4) is 0 Å². The van der Waals surface area contributed by atoms with Crippen molar-refractivity contribution in [3.63, 3.8) is 0 Å². The van der Waals surface area contributed by atoms with Crippen LogP contribution in [0.25, 0.3) is 0 Å². The van der Waals surface area contributed by atoms with Gasteiger partial charge in [0.1, 0.15) is 5.82 Å². The molecule has 0 saturated heterocycles. The maximum absolute atomic E-state index is 4.28. The van der Waals surface area contributed by atoms with Crippen LogP contribution in [-0.2, 0) is 0 Å². The molecule has 1 aromatic rings. The Labute approximate surface area is 78.7 Å². The van der Waals surface area contributed by atoms with Crippen LogP contribution in [0.5, 0.6) is 0 Å². The zero-order valence-electron chi connectivity index (χ0n) is 7.74. The van der Waals surface area contributed by atoms with Crippen molar-refractivity contribution in [3.05, 3.63) is 36.4 Å². The molecule has 0 radical (unpaired) electrons. The van der Waals surface area contributed by atoms with Crippen LogP contribution in [0, 0.1) is 0 Å². The lowest BCUT2D eigenvalue weighted by Crippen LogP contribution is -2.10. The van der Waals surface area contributed by atoms with E-state index in [1.54, 1.807) is 0 Å². The summed E-state index contributed by atoms with van der Waals surface area (Å²) in [6, 6.07) is 1.86. The molecule has 1 aliphatic rings. The van der Waals surface area contributed by atoms with Crippen molar-refractivity contribution in [1.82, 2.24) is 9.97 Å². The minimum absolute atomic E-state index is 0.412. The van der Waals surface area contributed by atoms with Crippen LogP contribution in [-0.4, -0.2) is 9.97 Å². The summed E-state index contributed by atoms with van der Waals surface area (Å²) in [6.45, 7) is 4.09. The van der Waals surface area contributed by atoms with Gasteiger partial charge >= 0.3 is 0 Å². The van der Waals surface area contributed by atoms with Gasteiger partial charge in [-0.25, -0.2) is 9.97 Å². The van der Waals surface area contributed by atoms with Crippen molar-refractivity contribution in [2.75, 3.05) is 0 Å². The van der Waals surface area contributed by atoms with E-state index in [4.69, 9.17) is 0 Å². The Morgan fingerprint density at radius 2 is 2.00 bits per heavy atom. The summed E-state index contributed by atoms with van der Waals surface area (Å²) in [7, 11) is 0. The van der Waals surface area contributed by atoms with Gasteiger partial charge in [0.25, 0.3) is 0 Å². The van der Waals surface area contributed by atoms with E-state index >= 15 is 0 Å². The second kappa shape index (κ2) is 3.69. The number of hydrogen-bond acceptors (Lipinski definition) is 2. The lowest BCUT2D eigenvalue weighted by molar-refractivity contribution is 0.524. The Kier molecular flexibility index (Phi) is 2.39. The number of nitrogens with zero attached hydrogens (tertiary/aromatic N) is 2. The Balaban J connectivity index is 2.20. The monoisotopic (exact) mass is 174 g/mol. The molecule has 0 amide bonds. The van der Waals surface area contributed by atoms with E-state index in [9.17, 15) is 0 Å². The van der Waals surface area contributed by atoms with Crippen LogP contribution in [0.4, 0.5) is 0 Å². The van der Waals surface area contributed by atoms with Crippen LogP contribution < -0.4 is 0 Å². The van der Waals surface area contributed by atoms with Gasteiger partial charge in [-0.15, -0.1) is 0 Å². The molecule has 0 bridgehead atoms. The molecule has 1 saturated carbocycles. The number of allylic oxidation sites excluding steroid dienone is 1. The zero-order valence-corrected chi connectivity index (χ0v) is 7.74. The first kappa shape index (κ1) is 8.42. The van der Waals surface area contributed by atoms with Crippen LogP contribution >= 0.6 is 0 Å². The fourth-order valence-corrected chi connectivity index (χ4v) is 1.88. The van der Waals surface area contributed by atoms with E-state index in [2.05, 4.69) is 16.5 Å². The van der Waals surface area contributed by atoms with Crippen LogP contribution in [0.2, 0.25) is 0 Å². The normalized spacial score (nSPS) is 23.1. The molecule has 0 aromatic carbocycles. The molecule has 13 heavy (non-hydrogen) atoms. The minimum atomic E-state index is 0.412. The maximum Gasteiger partial charge on any atom is 0.135 e. The molecular formula is C11H14N2. The van der Waals surface area contributed by atoms with Crippen LogP contribution in [0.15, 0.2) is 30.6 Å². The SMILES string of the molecule is C=C1CCCCC1c1ncccn1. The van der Waals surface area contributed by atoms with Gasteiger partial charge in [0.15, 0.2) is 0 Å². The van der Waals surface area contributed by atoms with Gasteiger partial charge in [-0.1, -0.05) is 18.6 Å². The number of aromatic nitrogens is 2. The highest BCUT2D eigenvalue weighted by Crippen LogP contribution is 2.33. The highest BCUT2D eigenvalue weighted by atomic mass is 14.9. The van der Waals surface area contributed by atoms with Gasteiger partial charge in [-0.2, -0.15) is 0 Å². The second-order valence-corrected chi connectivity index (χ2v) is 3.56. The molecule has 1 heterocycles. The van der Waals surface area contributed by atoms with Crippen molar-refractivity contribution in [2.24, 2.45) is 0 Å². The summed E-state index contributed by atoms with van der Waals surface area (Å²) < 4.78 is 0. The summed E-state index contributed by atoms with van der Waals surface area (Å²) in [5.41, 5.74) is 1.30. The molecule has 1 unspecified atom stereocenters. The van der Waals surface area contributed by atoms with Gasteiger partial charge in [0.05, 0.1) is 0 Å². The van der Waals surface area contributed by atoms with E-state index in [1.807, 2.05) is 18.5 Å². The third-order valence-electron chi connectivity index (χ3n) is 2.63. The van der Waals surface area contributed by atoms with Crippen LogP contribution in [0.1, 0.15) is 37.4 Å². The largest absolute Gasteiger partial charge is 0.241 e. The van der Waals surface area contributed by atoms with Crippen molar-refractivity contribution < 1.29 is 0 Å². The molecule has 2 heteroatoms. The van der Waals surface area contributed by atoms with Gasteiger partial charge in [0.2, 0.25) is 0 Å². The van der Waals surface area contributed by atoms with Crippen molar-refractivity contribution in [2.45, 2.75) is 31.6 Å². The Morgan fingerprint density at radius 1 is 1.23 bits per heavy atom. The molecule has 0 spiro atoms. The van der Waals surface area contributed by atoms with Gasteiger partial charge in [-0.3, -0.25) is 0 Å². The average molecular weight is 174 g/mol. The maximum atomic E-state index is 4.28. The average Bonchev–Trinajstić information content (AvgIpc) is 2.20. The fourth-order valence-electron chi connectivity index (χ4n) is 1.88. The summed E-state index contributed by atoms with van der Waals surface area (Å²) in [4.78, 5) is 8.56. The van der Waals surface area contributed by atoms with Crippen molar-refractivity contribution >= 4 is 0 Å². The van der Waals surface area contributed by atoms with E-state index in [-0.39, 0.29) is 0 Å². The minimum Gasteiger partial charge on any atom is -0.241 e. The fraction of sp³-hybridized carbons (Fsp3) is 0.455. The van der Waals surface area contributed by atoms with Gasteiger partial charge in [-0.05, 0) is 25.3 Å². The molecule has 1 fully saturated rings. The Hall–Kier alpha value is -1.18. The summed E-state index contributed by atoms with van der Waals surface area (Å²) in [5.74, 6) is 1.36. The van der Waals surface area contributed by atoms with E-state index < -0.39 is 0 Å². The number of rotatable bonds is 1. The Morgan fingerprint density at radius 3 is 2.69 bits per heavy atom. The molecule has 0 N–H and O–H groups in total. The molecule has 2 nitrogen and oxygen atoms in total. The van der Waals surface area contributed by atoms with Gasteiger partial charge < -0.3 is 0 Å².